The minimum Gasteiger partial charge on any atom is -0.388 e. The first kappa shape index (κ1) is 10.5. The Labute approximate surface area is 80.6 Å². The summed E-state index contributed by atoms with van der Waals surface area (Å²) in [6.45, 7) is 5.91. The zero-order chi connectivity index (χ0) is 10.1. The number of aliphatic hydroxyl groups is 1. The molecule has 2 heteroatoms. The van der Waals surface area contributed by atoms with E-state index in [-0.39, 0.29) is 5.92 Å². The van der Waals surface area contributed by atoms with Crippen molar-refractivity contribution in [2.75, 3.05) is 0 Å². The normalized spacial score (nSPS) is 26.7. The van der Waals surface area contributed by atoms with Crippen LogP contribution < -0.4 is 0 Å². The van der Waals surface area contributed by atoms with E-state index in [0.717, 1.165) is 25.7 Å². The van der Waals surface area contributed by atoms with E-state index in [2.05, 4.69) is 13.0 Å². The summed E-state index contributed by atoms with van der Waals surface area (Å²) in [4.78, 5) is 0. The Bertz CT molecular complexity index is 223. The molecule has 0 aromatic heterocycles. The van der Waals surface area contributed by atoms with Gasteiger partial charge in [-0.1, -0.05) is 26.7 Å². The van der Waals surface area contributed by atoms with Crippen LogP contribution in [0.25, 0.3) is 0 Å². The number of nitriles is 1. The summed E-state index contributed by atoms with van der Waals surface area (Å²) < 4.78 is 0. The van der Waals surface area contributed by atoms with Gasteiger partial charge in [0.25, 0.3) is 0 Å². The monoisotopic (exact) mass is 181 g/mol. The smallest absolute Gasteiger partial charge is 0.0860 e. The molecule has 74 valence electrons. The van der Waals surface area contributed by atoms with Crippen LogP contribution in [0.3, 0.4) is 0 Å². The molecule has 13 heavy (non-hydrogen) atoms. The van der Waals surface area contributed by atoms with E-state index in [9.17, 15) is 5.11 Å². The number of hydrogen-bond donors (Lipinski definition) is 1. The maximum absolute atomic E-state index is 10.3. The molecule has 0 spiro atoms. The summed E-state index contributed by atoms with van der Waals surface area (Å²) in [7, 11) is 0. The topological polar surface area (TPSA) is 44.0 Å². The van der Waals surface area contributed by atoms with Crippen molar-refractivity contribution in [3.8, 4) is 6.07 Å². The van der Waals surface area contributed by atoms with Gasteiger partial charge in [0.15, 0.2) is 0 Å². The van der Waals surface area contributed by atoms with Gasteiger partial charge in [-0.25, -0.2) is 0 Å². The van der Waals surface area contributed by atoms with E-state index < -0.39 is 11.0 Å². The van der Waals surface area contributed by atoms with Gasteiger partial charge in [0.1, 0.15) is 0 Å². The molecule has 0 bridgehead atoms. The number of nitrogens with zero attached hydrogens (tertiary/aromatic N) is 1. The lowest BCUT2D eigenvalue weighted by molar-refractivity contribution is -0.116. The Balaban J connectivity index is 2.84. The Hall–Kier alpha value is -0.550. The second kappa shape index (κ2) is 3.31. The van der Waals surface area contributed by atoms with Crippen LogP contribution in [0.15, 0.2) is 0 Å². The van der Waals surface area contributed by atoms with E-state index in [0.29, 0.717) is 0 Å². The van der Waals surface area contributed by atoms with E-state index in [1.54, 1.807) is 0 Å². The fourth-order valence-corrected chi connectivity index (χ4v) is 2.13. The molecule has 0 amide bonds. The Kier molecular flexibility index (Phi) is 2.68. The minimum atomic E-state index is -0.811. The summed E-state index contributed by atoms with van der Waals surface area (Å²) in [5.41, 5.74) is -1.27. The lowest BCUT2D eigenvalue weighted by atomic mass is 9.56. The molecule has 0 saturated heterocycles. The molecule has 0 aromatic rings. The third-order valence-electron chi connectivity index (χ3n) is 3.96. The molecule has 0 aliphatic heterocycles. The molecule has 1 saturated carbocycles. The van der Waals surface area contributed by atoms with Crippen LogP contribution in [0.5, 0.6) is 0 Å². The van der Waals surface area contributed by atoms with Crippen LogP contribution in [-0.2, 0) is 0 Å². The lowest BCUT2D eigenvalue weighted by Gasteiger charge is -2.49. The van der Waals surface area contributed by atoms with Crippen molar-refractivity contribution >= 4 is 0 Å². The molecule has 2 nitrogen and oxygen atoms in total. The maximum Gasteiger partial charge on any atom is 0.0860 e. The van der Waals surface area contributed by atoms with Crippen LogP contribution in [0.1, 0.15) is 46.5 Å². The Morgan fingerprint density at radius 3 is 2.38 bits per heavy atom. The highest BCUT2D eigenvalue weighted by atomic mass is 16.3. The van der Waals surface area contributed by atoms with Crippen LogP contribution in [0.4, 0.5) is 0 Å². The molecule has 1 aliphatic rings. The molecule has 1 N–H and O–H groups in total. The molecule has 0 heterocycles. The molecule has 1 rings (SSSR count). The molecule has 1 aliphatic carbocycles. The van der Waals surface area contributed by atoms with Crippen molar-refractivity contribution < 1.29 is 5.11 Å². The molecule has 2 unspecified atom stereocenters. The minimum absolute atomic E-state index is 0.201. The molecule has 0 aromatic carbocycles. The van der Waals surface area contributed by atoms with E-state index >= 15 is 0 Å². The van der Waals surface area contributed by atoms with Crippen LogP contribution in [0, 0.1) is 22.7 Å². The van der Waals surface area contributed by atoms with E-state index in [4.69, 9.17) is 5.26 Å². The van der Waals surface area contributed by atoms with Crippen molar-refractivity contribution in [1.82, 2.24) is 0 Å². The van der Waals surface area contributed by atoms with E-state index in [1.807, 2.05) is 13.8 Å². The van der Waals surface area contributed by atoms with Gasteiger partial charge in [0.05, 0.1) is 17.1 Å². The first-order chi connectivity index (χ1) is 6.00. The van der Waals surface area contributed by atoms with Crippen molar-refractivity contribution in [1.29, 1.82) is 5.26 Å². The van der Waals surface area contributed by atoms with Gasteiger partial charge in [-0.3, -0.25) is 0 Å². The van der Waals surface area contributed by atoms with E-state index in [1.165, 1.54) is 0 Å². The average molecular weight is 181 g/mol. The maximum atomic E-state index is 10.3. The predicted octanol–water partition coefficient (Wildman–Crippen LogP) is 2.48. The zero-order valence-electron chi connectivity index (χ0n) is 8.80. The Morgan fingerprint density at radius 2 is 2.15 bits per heavy atom. The SMILES string of the molecule is CCC(C)C(C)(O)C1(C#N)CCC1. The first-order valence-electron chi connectivity index (χ1n) is 5.14. The molecule has 0 radical (unpaired) electrons. The summed E-state index contributed by atoms with van der Waals surface area (Å²) in [5, 5.41) is 19.4. The summed E-state index contributed by atoms with van der Waals surface area (Å²) >= 11 is 0. The summed E-state index contributed by atoms with van der Waals surface area (Å²) in [6.07, 6.45) is 3.73. The third-order valence-corrected chi connectivity index (χ3v) is 3.96. The van der Waals surface area contributed by atoms with Crippen molar-refractivity contribution in [3.63, 3.8) is 0 Å². The molecule has 1 fully saturated rings. The van der Waals surface area contributed by atoms with Crippen LogP contribution in [0.2, 0.25) is 0 Å². The second-order valence-corrected chi connectivity index (χ2v) is 4.50. The highest BCUT2D eigenvalue weighted by Gasteiger charge is 2.53. The van der Waals surface area contributed by atoms with Gasteiger partial charge in [0.2, 0.25) is 0 Å². The Morgan fingerprint density at radius 1 is 1.62 bits per heavy atom. The molecular formula is C11H19NO. The number of hydrogen-bond acceptors (Lipinski definition) is 2. The molecular weight excluding hydrogens is 162 g/mol. The fraction of sp³-hybridized carbons (Fsp3) is 0.909. The van der Waals surface area contributed by atoms with Crippen LogP contribution >= 0.6 is 0 Å². The quantitative estimate of drug-likeness (QED) is 0.727. The largest absolute Gasteiger partial charge is 0.388 e. The third kappa shape index (κ3) is 1.36. The average Bonchev–Trinajstić information content (AvgIpc) is 2.01. The summed E-state index contributed by atoms with van der Waals surface area (Å²) in [5.74, 6) is 0.201. The zero-order valence-corrected chi connectivity index (χ0v) is 8.80. The lowest BCUT2D eigenvalue weighted by Crippen LogP contribution is -2.53. The van der Waals surface area contributed by atoms with Gasteiger partial charge in [-0.05, 0) is 25.7 Å². The second-order valence-electron chi connectivity index (χ2n) is 4.50. The van der Waals surface area contributed by atoms with Crippen molar-refractivity contribution in [2.45, 2.75) is 52.1 Å². The van der Waals surface area contributed by atoms with Gasteiger partial charge in [-0.15, -0.1) is 0 Å². The fourth-order valence-electron chi connectivity index (χ4n) is 2.13. The van der Waals surface area contributed by atoms with Crippen molar-refractivity contribution in [3.05, 3.63) is 0 Å². The summed E-state index contributed by atoms with van der Waals surface area (Å²) in [6, 6.07) is 2.32. The molecule has 2 atom stereocenters. The van der Waals surface area contributed by atoms with Crippen LogP contribution in [-0.4, -0.2) is 10.7 Å². The van der Waals surface area contributed by atoms with Gasteiger partial charge in [0, 0.05) is 0 Å². The first-order valence-corrected chi connectivity index (χ1v) is 5.14. The standard InChI is InChI=1S/C11H19NO/c1-4-9(2)10(3,13)11(8-12)6-5-7-11/h9,13H,4-7H2,1-3H3. The van der Waals surface area contributed by atoms with Crippen molar-refractivity contribution in [2.24, 2.45) is 11.3 Å². The highest BCUT2D eigenvalue weighted by Crippen LogP contribution is 2.52. The van der Waals surface area contributed by atoms with Gasteiger partial charge >= 0.3 is 0 Å². The van der Waals surface area contributed by atoms with Gasteiger partial charge < -0.3 is 5.11 Å². The highest BCUT2D eigenvalue weighted by molar-refractivity contribution is 5.15. The van der Waals surface area contributed by atoms with Gasteiger partial charge in [-0.2, -0.15) is 5.26 Å². The predicted molar refractivity (Wildman–Crippen MR) is 52.0 cm³/mol. The number of rotatable bonds is 3.